The van der Waals surface area contributed by atoms with E-state index in [0.29, 0.717) is 35.2 Å². The monoisotopic (exact) mass is 427 g/mol. The van der Waals surface area contributed by atoms with E-state index < -0.39 is 0 Å². The van der Waals surface area contributed by atoms with Crippen LogP contribution in [0.25, 0.3) is 11.3 Å². The summed E-state index contributed by atoms with van der Waals surface area (Å²) >= 11 is 0. The minimum absolute atomic E-state index is 0.348. The second kappa shape index (κ2) is 10.4. The lowest BCUT2D eigenvalue weighted by molar-refractivity contribution is 0.161. The lowest BCUT2D eigenvalue weighted by atomic mass is 9.90. The van der Waals surface area contributed by atoms with E-state index in [-0.39, 0.29) is 5.82 Å². The summed E-state index contributed by atoms with van der Waals surface area (Å²) in [6, 6.07) is 8.72. The first-order valence-corrected chi connectivity index (χ1v) is 11.5. The maximum absolute atomic E-state index is 14.6. The maximum atomic E-state index is 14.6. The fourth-order valence-corrected chi connectivity index (χ4v) is 4.28. The Morgan fingerprint density at radius 3 is 2.61 bits per heavy atom. The van der Waals surface area contributed by atoms with Crippen LogP contribution in [0.4, 0.5) is 16.0 Å². The van der Waals surface area contributed by atoms with Gasteiger partial charge in [0.15, 0.2) is 5.82 Å². The van der Waals surface area contributed by atoms with E-state index in [9.17, 15) is 4.39 Å². The van der Waals surface area contributed by atoms with E-state index in [0.717, 1.165) is 50.6 Å². The Morgan fingerprint density at radius 2 is 1.87 bits per heavy atom. The van der Waals surface area contributed by atoms with Crippen LogP contribution in [-0.2, 0) is 4.74 Å². The SMILES string of the molecule is COC[C@@H](C)NC1CCC(Nc2cc(-c3cccc(NCC4CC4)n3)c(F)cn2)CC1. The molecule has 0 aliphatic heterocycles. The zero-order chi connectivity index (χ0) is 21.6. The van der Waals surface area contributed by atoms with Gasteiger partial charge >= 0.3 is 0 Å². The third kappa shape index (κ3) is 6.37. The molecule has 0 amide bonds. The van der Waals surface area contributed by atoms with Crippen molar-refractivity contribution in [3.63, 3.8) is 0 Å². The molecule has 6 nitrogen and oxygen atoms in total. The first-order valence-electron chi connectivity index (χ1n) is 11.5. The van der Waals surface area contributed by atoms with Crippen molar-refractivity contribution in [2.75, 3.05) is 30.9 Å². The van der Waals surface area contributed by atoms with Gasteiger partial charge in [-0.05, 0) is 69.6 Å². The van der Waals surface area contributed by atoms with Gasteiger partial charge in [0.05, 0.1) is 18.5 Å². The third-order valence-corrected chi connectivity index (χ3v) is 6.17. The lowest BCUT2D eigenvalue weighted by Gasteiger charge is -2.31. The van der Waals surface area contributed by atoms with E-state index in [1.54, 1.807) is 13.2 Å². The Labute approximate surface area is 184 Å². The predicted octanol–water partition coefficient (Wildman–Crippen LogP) is 4.45. The molecule has 0 aromatic carbocycles. The molecule has 2 aliphatic rings. The molecule has 1 atom stereocenters. The normalized spacial score (nSPS) is 22.2. The van der Waals surface area contributed by atoms with Crippen molar-refractivity contribution in [2.45, 2.75) is 63.6 Å². The summed E-state index contributed by atoms with van der Waals surface area (Å²) in [6.45, 7) is 3.82. The molecule has 2 aliphatic carbocycles. The maximum Gasteiger partial charge on any atom is 0.151 e. The Hall–Kier alpha value is -2.25. The Balaban J connectivity index is 1.35. The van der Waals surface area contributed by atoms with Crippen molar-refractivity contribution in [3.05, 3.63) is 36.3 Å². The largest absolute Gasteiger partial charge is 0.383 e. The van der Waals surface area contributed by atoms with Crippen molar-refractivity contribution in [2.24, 2.45) is 5.92 Å². The van der Waals surface area contributed by atoms with Crippen LogP contribution in [0.5, 0.6) is 0 Å². The highest BCUT2D eigenvalue weighted by molar-refractivity contribution is 5.65. The molecule has 0 saturated heterocycles. The minimum atomic E-state index is -0.350. The van der Waals surface area contributed by atoms with Crippen LogP contribution in [0.3, 0.4) is 0 Å². The summed E-state index contributed by atoms with van der Waals surface area (Å²) in [5.41, 5.74) is 1.11. The van der Waals surface area contributed by atoms with Crippen molar-refractivity contribution >= 4 is 11.6 Å². The highest BCUT2D eigenvalue weighted by Gasteiger charge is 2.23. The van der Waals surface area contributed by atoms with Gasteiger partial charge in [-0.2, -0.15) is 0 Å². The second-order valence-corrected chi connectivity index (χ2v) is 9.00. The van der Waals surface area contributed by atoms with Crippen LogP contribution in [0, 0.1) is 11.7 Å². The molecule has 0 radical (unpaired) electrons. The summed E-state index contributed by atoms with van der Waals surface area (Å²) in [5.74, 6) is 1.91. The topological polar surface area (TPSA) is 71.1 Å². The summed E-state index contributed by atoms with van der Waals surface area (Å²) in [4.78, 5) is 8.90. The van der Waals surface area contributed by atoms with Crippen LogP contribution in [0.1, 0.15) is 45.4 Å². The highest BCUT2D eigenvalue weighted by atomic mass is 19.1. The third-order valence-electron chi connectivity index (χ3n) is 6.17. The molecular formula is C24H34FN5O. The number of rotatable bonds is 10. The number of pyridine rings is 2. The molecule has 31 heavy (non-hydrogen) atoms. The molecule has 7 heteroatoms. The zero-order valence-electron chi connectivity index (χ0n) is 18.5. The molecule has 2 fully saturated rings. The molecule has 3 N–H and O–H groups in total. The van der Waals surface area contributed by atoms with Crippen molar-refractivity contribution in [1.29, 1.82) is 0 Å². The molecule has 0 bridgehead atoms. The van der Waals surface area contributed by atoms with Crippen LogP contribution in [0.15, 0.2) is 30.5 Å². The van der Waals surface area contributed by atoms with Crippen LogP contribution < -0.4 is 16.0 Å². The number of nitrogens with one attached hydrogen (secondary N) is 3. The number of hydrogen-bond donors (Lipinski definition) is 3. The summed E-state index contributed by atoms with van der Waals surface area (Å²) < 4.78 is 19.8. The second-order valence-electron chi connectivity index (χ2n) is 9.00. The fraction of sp³-hybridized carbons (Fsp3) is 0.583. The van der Waals surface area contributed by atoms with Crippen molar-refractivity contribution < 1.29 is 9.13 Å². The van der Waals surface area contributed by atoms with E-state index in [1.165, 1.54) is 19.0 Å². The number of ether oxygens (including phenoxy) is 1. The molecule has 2 saturated carbocycles. The number of methoxy groups -OCH3 is 1. The molecule has 2 aromatic heterocycles. The molecule has 0 unspecified atom stereocenters. The van der Waals surface area contributed by atoms with Crippen LogP contribution >= 0.6 is 0 Å². The average molecular weight is 428 g/mol. The summed E-state index contributed by atoms with van der Waals surface area (Å²) in [7, 11) is 1.74. The number of nitrogens with zero attached hydrogens (tertiary/aromatic N) is 2. The summed E-state index contributed by atoms with van der Waals surface area (Å²) in [5, 5.41) is 10.5. The smallest absolute Gasteiger partial charge is 0.151 e. The highest BCUT2D eigenvalue weighted by Crippen LogP contribution is 2.30. The van der Waals surface area contributed by atoms with Gasteiger partial charge in [0.2, 0.25) is 0 Å². The molecule has 0 spiro atoms. The van der Waals surface area contributed by atoms with E-state index in [2.05, 4.69) is 32.8 Å². The van der Waals surface area contributed by atoms with E-state index in [1.807, 2.05) is 18.2 Å². The van der Waals surface area contributed by atoms with Gasteiger partial charge in [0.1, 0.15) is 11.6 Å². The summed E-state index contributed by atoms with van der Waals surface area (Å²) in [6.07, 6.45) is 8.19. The van der Waals surface area contributed by atoms with Gasteiger partial charge in [-0.15, -0.1) is 0 Å². The number of hydrogen-bond acceptors (Lipinski definition) is 6. The number of aromatic nitrogens is 2. The predicted molar refractivity (Wildman–Crippen MR) is 123 cm³/mol. The van der Waals surface area contributed by atoms with Crippen LogP contribution in [0.2, 0.25) is 0 Å². The standard InChI is InChI=1S/C24H34FN5O/c1-16(15-31-2)28-18-8-10-19(11-9-18)29-24-12-20(21(25)14-27-24)22-4-3-5-23(30-22)26-13-17-6-7-17/h3-5,12,14,16-19,28H,6-11,13,15H2,1-2H3,(H,26,30)(H,27,29)/t16-,18?,19?/m1/s1. The Kier molecular flexibility index (Phi) is 7.35. The average Bonchev–Trinajstić information content (AvgIpc) is 3.60. The van der Waals surface area contributed by atoms with Gasteiger partial charge in [0.25, 0.3) is 0 Å². The first kappa shape index (κ1) is 22.0. The van der Waals surface area contributed by atoms with Gasteiger partial charge in [-0.1, -0.05) is 6.07 Å². The molecular weight excluding hydrogens is 393 g/mol. The quantitative estimate of drug-likeness (QED) is 0.520. The Bertz CT molecular complexity index is 852. The molecule has 4 rings (SSSR count). The van der Waals surface area contributed by atoms with Gasteiger partial charge in [-0.3, -0.25) is 0 Å². The molecule has 2 aromatic rings. The van der Waals surface area contributed by atoms with Gasteiger partial charge in [-0.25, -0.2) is 14.4 Å². The lowest BCUT2D eigenvalue weighted by Crippen LogP contribution is -2.42. The fourth-order valence-electron chi connectivity index (χ4n) is 4.28. The Morgan fingerprint density at radius 1 is 1.10 bits per heavy atom. The van der Waals surface area contributed by atoms with E-state index in [4.69, 9.17) is 4.74 Å². The van der Waals surface area contributed by atoms with Crippen LogP contribution in [-0.4, -0.2) is 48.4 Å². The van der Waals surface area contributed by atoms with E-state index >= 15 is 0 Å². The van der Waals surface area contributed by atoms with Gasteiger partial charge in [0, 0.05) is 37.3 Å². The number of halogens is 1. The first-order chi connectivity index (χ1) is 15.1. The van der Waals surface area contributed by atoms with Crippen molar-refractivity contribution in [3.8, 4) is 11.3 Å². The van der Waals surface area contributed by atoms with Crippen molar-refractivity contribution in [1.82, 2.24) is 15.3 Å². The molecule has 168 valence electrons. The number of anilines is 2. The molecule has 2 heterocycles. The minimum Gasteiger partial charge on any atom is -0.383 e. The zero-order valence-corrected chi connectivity index (χ0v) is 18.5. The van der Waals surface area contributed by atoms with Gasteiger partial charge < -0.3 is 20.7 Å².